The van der Waals surface area contributed by atoms with E-state index in [1.165, 1.54) is 19.3 Å². The SMILES string of the molecule is CCCCC/C=C\C/C=C\C/C=C\CCCCC(=O)O[C@H](COC(=O)CCC/C=C/C[C@@H]1[C@@H](/C=C/[C@@H](O)CCCCC)[C@H](O)C[C@@H]1O)COP(=O)([O-])OCC[N+](C)(C)C. The summed E-state index contributed by atoms with van der Waals surface area (Å²) in [6, 6.07) is 0. The molecule has 0 bridgehead atoms. The van der Waals surface area contributed by atoms with Gasteiger partial charge >= 0.3 is 11.9 Å². The van der Waals surface area contributed by atoms with Crippen LogP contribution in [0, 0.1) is 11.8 Å². The second-order valence-corrected chi connectivity index (χ2v) is 18.1. The first-order chi connectivity index (χ1) is 28.2. The number of aliphatic hydroxyl groups is 3. The van der Waals surface area contributed by atoms with Crippen LogP contribution in [0.3, 0.4) is 0 Å². The Balaban J connectivity index is 2.54. The van der Waals surface area contributed by atoms with Crippen molar-refractivity contribution < 1.29 is 57.4 Å². The molecule has 1 saturated carbocycles. The molecular weight excluding hydrogens is 773 g/mol. The van der Waals surface area contributed by atoms with Gasteiger partial charge in [0.25, 0.3) is 7.82 Å². The number of hydrogen-bond donors (Lipinski definition) is 3. The number of allylic oxidation sites excluding steroid dienone is 8. The Hall–Kier alpha value is -2.41. The number of ether oxygens (including phenoxy) is 2. The number of carbonyl (C=O) groups excluding carboxylic acids is 2. The van der Waals surface area contributed by atoms with E-state index in [-0.39, 0.29) is 44.3 Å². The number of quaternary nitrogens is 1. The molecular formula is C46H80NO11P. The lowest BCUT2D eigenvalue weighted by molar-refractivity contribution is -0.870. The minimum atomic E-state index is -4.70. The Morgan fingerprint density at radius 3 is 2.02 bits per heavy atom. The highest BCUT2D eigenvalue weighted by molar-refractivity contribution is 7.45. The molecule has 0 aromatic heterocycles. The van der Waals surface area contributed by atoms with Gasteiger partial charge in [-0.15, -0.1) is 0 Å². The van der Waals surface area contributed by atoms with E-state index in [1.807, 2.05) is 39.4 Å². The van der Waals surface area contributed by atoms with Gasteiger partial charge in [-0.2, -0.15) is 0 Å². The predicted octanol–water partition coefficient (Wildman–Crippen LogP) is 8.21. The fourth-order valence-corrected chi connectivity index (χ4v) is 7.21. The second-order valence-electron chi connectivity index (χ2n) is 16.7. The van der Waals surface area contributed by atoms with Gasteiger partial charge in [-0.25, -0.2) is 0 Å². The summed E-state index contributed by atoms with van der Waals surface area (Å²) >= 11 is 0. The standard InChI is InChI=1S/C46H80NO11P/c1-6-8-10-11-12-13-14-15-16-17-18-19-20-21-27-31-46(52)58-40(38-57-59(53,54)56-35-34-47(3,4)5)37-55-45(51)30-26-23-22-25-29-41-42(44(50)36-43(41)49)33-32-39(48)28-24-9-7-2/h12-13,15-16,18-19,22,25,32-33,39-44,48-50H,6-11,14,17,20-21,23-24,26-31,34-38H2,1-5H3/b13-12-,16-15-,19-18-,25-22+,33-32+/t39-,40+,41+,42+,43-,44+/m0/s1. The summed E-state index contributed by atoms with van der Waals surface area (Å²) in [5.41, 5.74) is 0. The number of nitrogens with zero attached hydrogens (tertiary/aromatic N) is 1. The highest BCUT2D eigenvalue weighted by atomic mass is 31.2. The molecule has 1 unspecified atom stereocenters. The molecule has 0 aromatic rings. The van der Waals surface area contributed by atoms with Crippen LogP contribution < -0.4 is 4.89 Å². The van der Waals surface area contributed by atoms with Crippen molar-refractivity contribution in [2.24, 2.45) is 11.8 Å². The lowest BCUT2D eigenvalue weighted by Gasteiger charge is -2.28. The molecule has 1 rings (SSSR count). The number of hydrogen-bond acceptors (Lipinski definition) is 11. The first-order valence-electron chi connectivity index (χ1n) is 22.3. The zero-order valence-corrected chi connectivity index (χ0v) is 37.9. The Kier molecular flexibility index (Phi) is 30.8. The third kappa shape index (κ3) is 30.3. The fourth-order valence-electron chi connectivity index (χ4n) is 6.48. The van der Waals surface area contributed by atoms with E-state index in [0.717, 1.165) is 51.4 Å². The summed E-state index contributed by atoms with van der Waals surface area (Å²) in [6.07, 6.45) is 32.1. The second kappa shape index (κ2) is 33.2. The molecule has 0 aromatic carbocycles. The third-order valence-electron chi connectivity index (χ3n) is 10.1. The molecule has 1 fully saturated rings. The van der Waals surface area contributed by atoms with E-state index in [2.05, 4.69) is 50.3 Å². The van der Waals surface area contributed by atoms with Gasteiger partial charge in [-0.1, -0.05) is 107 Å². The van der Waals surface area contributed by atoms with Crippen LogP contribution >= 0.6 is 7.82 Å². The van der Waals surface area contributed by atoms with Crippen LogP contribution in [0.1, 0.15) is 136 Å². The van der Waals surface area contributed by atoms with Crippen LogP contribution in [0.25, 0.3) is 0 Å². The Labute approximate surface area is 356 Å². The average Bonchev–Trinajstić information content (AvgIpc) is 3.44. The largest absolute Gasteiger partial charge is 0.756 e. The van der Waals surface area contributed by atoms with Gasteiger partial charge in [0.05, 0.1) is 46.1 Å². The highest BCUT2D eigenvalue weighted by Crippen LogP contribution is 2.38. The summed E-state index contributed by atoms with van der Waals surface area (Å²) in [4.78, 5) is 37.7. The zero-order valence-electron chi connectivity index (χ0n) is 37.0. The fraction of sp³-hybridized carbons (Fsp3) is 0.739. The number of esters is 2. The Morgan fingerprint density at radius 1 is 0.763 bits per heavy atom. The minimum absolute atomic E-state index is 0.0798. The lowest BCUT2D eigenvalue weighted by Crippen LogP contribution is -2.37. The molecule has 0 spiro atoms. The van der Waals surface area contributed by atoms with E-state index >= 15 is 0 Å². The van der Waals surface area contributed by atoms with Crippen molar-refractivity contribution in [3.63, 3.8) is 0 Å². The zero-order chi connectivity index (χ0) is 43.8. The Morgan fingerprint density at radius 2 is 1.36 bits per heavy atom. The molecule has 12 nitrogen and oxygen atoms in total. The van der Waals surface area contributed by atoms with Gasteiger partial charge in [-0.05, 0) is 76.5 Å². The number of rotatable bonds is 35. The highest BCUT2D eigenvalue weighted by Gasteiger charge is 2.39. The molecule has 0 heterocycles. The first-order valence-corrected chi connectivity index (χ1v) is 23.7. The van der Waals surface area contributed by atoms with Crippen molar-refractivity contribution in [3.8, 4) is 0 Å². The number of phosphoric ester groups is 1. The summed E-state index contributed by atoms with van der Waals surface area (Å²) in [7, 11) is 0.998. The molecule has 13 heteroatoms. The molecule has 59 heavy (non-hydrogen) atoms. The van der Waals surface area contributed by atoms with Gasteiger partial charge in [0.1, 0.15) is 19.8 Å². The minimum Gasteiger partial charge on any atom is -0.756 e. The molecule has 1 aliphatic carbocycles. The molecule has 1 aliphatic rings. The van der Waals surface area contributed by atoms with E-state index in [9.17, 15) is 34.4 Å². The number of carbonyl (C=O) groups is 2. The van der Waals surface area contributed by atoms with Crippen molar-refractivity contribution in [1.82, 2.24) is 0 Å². The van der Waals surface area contributed by atoms with Crippen LogP contribution in [-0.4, -0.2) is 104 Å². The molecule has 7 atom stereocenters. The maximum absolute atomic E-state index is 12.7. The van der Waals surface area contributed by atoms with E-state index in [0.29, 0.717) is 43.1 Å². The van der Waals surface area contributed by atoms with Crippen LogP contribution in [0.15, 0.2) is 60.8 Å². The quantitative estimate of drug-likeness (QED) is 0.0185. The van der Waals surface area contributed by atoms with E-state index in [1.54, 1.807) is 6.08 Å². The molecule has 3 N–H and O–H groups in total. The smallest absolute Gasteiger partial charge is 0.306 e. The van der Waals surface area contributed by atoms with Crippen molar-refractivity contribution in [2.75, 3.05) is 47.5 Å². The van der Waals surface area contributed by atoms with Crippen molar-refractivity contribution in [1.29, 1.82) is 0 Å². The number of unbranched alkanes of at least 4 members (excludes halogenated alkanes) is 8. The summed E-state index contributed by atoms with van der Waals surface area (Å²) < 4.78 is 33.8. The summed E-state index contributed by atoms with van der Waals surface area (Å²) in [5, 5.41) is 31.3. The normalized spacial score (nSPS) is 21.0. The van der Waals surface area contributed by atoms with Crippen molar-refractivity contribution in [2.45, 2.75) is 160 Å². The molecule has 0 radical (unpaired) electrons. The number of phosphoric acid groups is 1. The van der Waals surface area contributed by atoms with Gasteiger partial charge in [0, 0.05) is 25.2 Å². The van der Waals surface area contributed by atoms with E-state index < -0.39 is 50.8 Å². The maximum atomic E-state index is 12.7. The van der Waals surface area contributed by atoms with Crippen LogP contribution in [0.4, 0.5) is 0 Å². The summed E-state index contributed by atoms with van der Waals surface area (Å²) in [5.74, 6) is -1.49. The lowest BCUT2D eigenvalue weighted by atomic mass is 9.89. The van der Waals surface area contributed by atoms with Gasteiger partial charge < -0.3 is 43.2 Å². The monoisotopic (exact) mass is 854 g/mol. The maximum Gasteiger partial charge on any atom is 0.306 e. The molecule has 0 saturated heterocycles. The van der Waals surface area contributed by atoms with Crippen molar-refractivity contribution in [3.05, 3.63) is 60.8 Å². The number of likely N-dealkylation sites (N-methyl/N-ethyl adjacent to an activating group) is 1. The van der Waals surface area contributed by atoms with Gasteiger partial charge in [-0.3, -0.25) is 14.2 Å². The summed E-state index contributed by atoms with van der Waals surface area (Å²) in [6.45, 7) is 3.75. The van der Waals surface area contributed by atoms with Crippen LogP contribution in [0.2, 0.25) is 0 Å². The van der Waals surface area contributed by atoms with E-state index in [4.69, 9.17) is 18.5 Å². The van der Waals surface area contributed by atoms with Gasteiger partial charge in [0.15, 0.2) is 6.10 Å². The van der Waals surface area contributed by atoms with Crippen LogP contribution in [-0.2, 0) is 32.7 Å². The third-order valence-corrected chi connectivity index (χ3v) is 11.0. The first kappa shape index (κ1) is 54.6. The number of aliphatic hydroxyl groups excluding tert-OH is 3. The Bertz CT molecular complexity index is 1310. The van der Waals surface area contributed by atoms with Crippen LogP contribution in [0.5, 0.6) is 0 Å². The van der Waals surface area contributed by atoms with Crippen molar-refractivity contribution >= 4 is 19.8 Å². The molecule has 0 aliphatic heterocycles. The predicted molar refractivity (Wildman–Crippen MR) is 233 cm³/mol. The topological polar surface area (TPSA) is 172 Å². The molecule has 0 amide bonds. The van der Waals surface area contributed by atoms with Gasteiger partial charge in [0.2, 0.25) is 0 Å². The molecule has 340 valence electrons. The average molecular weight is 854 g/mol.